The number of rotatable bonds is 3. The summed E-state index contributed by atoms with van der Waals surface area (Å²) in [5.41, 5.74) is 2.48. The van der Waals surface area contributed by atoms with Crippen LogP contribution in [0.2, 0.25) is 0 Å². The van der Waals surface area contributed by atoms with Crippen molar-refractivity contribution in [2.75, 3.05) is 0 Å². The molecule has 0 saturated heterocycles. The lowest BCUT2D eigenvalue weighted by atomic mass is 10.0. The second-order valence-corrected chi connectivity index (χ2v) is 6.24. The first-order valence-electron chi connectivity index (χ1n) is 6.66. The Morgan fingerprint density at radius 1 is 0.875 bits per heavy atom. The van der Waals surface area contributed by atoms with E-state index in [1.165, 1.54) is 56.7 Å². The first kappa shape index (κ1) is 12.1. The molecular formula is C15H22P. The van der Waals surface area contributed by atoms with Crippen LogP contribution in [0.25, 0.3) is 0 Å². The standard InChI is InChI=1S/C15H22P/c1-2-7-11-15(12-8-3-1)16-13-14-9-5-4-6-10-14/h4-6,9-10,15H,1-3,7-8,11-13H2. The molecule has 0 aliphatic heterocycles. The predicted molar refractivity (Wildman–Crippen MR) is 73.2 cm³/mol. The second-order valence-electron chi connectivity index (χ2n) is 4.83. The van der Waals surface area contributed by atoms with E-state index in [9.17, 15) is 0 Å². The molecule has 0 unspecified atom stereocenters. The van der Waals surface area contributed by atoms with E-state index in [1.54, 1.807) is 8.58 Å². The van der Waals surface area contributed by atoms with Gasteiger partial charge in [0.2, 0.25) is 0 Å². The van der Waals surface area contributed by atoms with Gasteiger partial charge in [-0.25, -0.2) is 0 Å². The van der Waals surface area contributed by atoms with Crippen molar-refractivity contribution in [1.82, 2.24) is 0 Å². The van der Waals surface area contributed by atoms with Crippen molar-refractivity contribution in [3.63, 3.8) is 0 Å². The zero-order chi connectivity index (χ0) is 11.1. The third-order valence-corrected chi connectivity index (χ3v) is 5.03. The van der Waals surface area contributed by atoms with E-state index in [0.717, 1.165) is 5.66 Å². The predicted octanol–water partition coefficient (Wildman–Crippen LogP) is 5.25. The molecule has 0 bridgehead atoms. The van der Waals surface area contributed by atoms with E-state index in [4.69, 9.17) is 0 Å². The topological polar surface area (TPSA) is 0 Å². The van der Waals surface area contributed by atoms with Crippen LogP contribution in [-0.2, 0) is 6.16 Å². The first-order valence-corrected chi connectivity index (χ1v) is 7.80. The Morgan fingerprint density at radius 3 is 2.19 bits per heavy atom. The Hall–Kier alpha value is -0.350. The van der Waals surface area contributed by atoms with Crippen molar-refractivity contribution in [3.8, 4) is 0 Å². The van der Waals surface area contributed by atoms with Crippen molar-refractivity contribution in [3.05, 3.63) is 35.9 Å². The summed E-state index contributed by atoms with van der Waals surface area (Å²) in [6.45, 7) is 0. The monoisotopic (exact) mass is 233 g/mol. The average molecular weight is 233 g/mol. The molecule has 16 heavy (non-hydrogen) atoms. The SMILES string of the molecule is c1ccc(C[P]C2CCCCCCC2)cc1. The molecule has 1 aromatic carbocycles. The molecule has 1 aliphatic rings. The van der Waals surface area contributed by atoms with Crippen LogP contribution in [-0.4, -0.2) is 5.66 Å². The fraction of sp³-hybridized carbons (Fsp3) is 0.600. The van der Waals surface area contributed by atoms with Gasteiger partial charge >= 0.3 is 0 Å². The van der Waals surface area contributed by atoms with Gasteiger partial charge in [0.05, 0.1) is 0 Å². The van der Waals surface area contributed by atoms with Crippen molar-refractivity contribution in [1.29, 1.82) is 0 Å². The Bertz CT molecular complexity index is 273. The van der Waals surface area contributed by atoms with Gasteiger partial charge in [0.1, 0.15) is 0 Å². The highest BCUT2D eigenvalue weighted by Crippen LogP contribution is 2.33. The van der Waals surface area contributed by atoms with Crippen LogP contribution in [0, 0.1) is 0 Å². The minimum absolute atomic E-state index is 0.973. The molecule has 87 valence electrons. The zero-order valence-electron chi connectivity index (χ0n) is 10.1. The Morgan fingerprint density at radius 2 is 1.50 bits per heavy atom. The molecule has 1 radical (unpaired) electrons. The molecule has 0 atom stereocenters. The van der Waals surface area contributed by atoms with Crippen LogP contribution in [0.4, 0.5) is 0 Å². The molecule has 1 heteroatoms. The normalized spacial score (nSPS) is 19.8. The van der Waals surface area contributed by atoms with Gasteiger partial charge in [-0.2, -0.15) is 0 Å². The maximum absolute atomic E-state index is 2.26. The maximum atomic E-state index is 2.26. The molecule has 0 spiro atoms. The number of benzene rings is 1. The van der Waals surface area contributed by atoms with Gasteiger partial charge in [-0.15, -0.1) is 0 Å². The van der Waals surface area contributed by atoms with Crippen molar-refractivity contribution in [2.24, 2.45) is 0 Å². The quantitative estimate of drug-likeness (QED) is 0.626. The van der Waals surface area contributed by atoms with Crippen LogP contribution in [0.15, 0.2) is 30.3 Å². The molecule has 0 N–H and O–H groups in total. The van der Waals surface area contributed by atoms with Crippen LogP contribution < -0.4 is 0 Å². The Labute approximate surface area is 102 Å². The van der Waals surface area contributed by atoms with Crippen molar-refractivity contribution in [2.45, 2.75) is 56.8 Å². The van der Waals surface area contributed by atoms with Crippen LogP contribution in [0.3, 0.4) is 0 Å². The fourth-order valence-electron chi connectivity index (χ4n) is 2.44. The second kappa shape index (κ2) is 7.07. The van der Waals surface area contributed by atoms with Gasteiger partial charge in [-0.1, -0.05) is 71.0 Å². The molecule has 1 saturated carbocycles. The van der Waals surface area contributed by atoms with E-state index in [-0.39, 0.29) is 0 Å². The molecule has 0 heterocycles. The lowest BCUT2D eigenvalue weighted by molar-refractivity contribution is 0.511. The van der Waals surface area contributed by atoms with E-state index >= 15 is 0 Å². The smallest absolute Gasteiger partial charge is 0.00316 e. The summed E-state index contributed by atoms with van der Waals surface area (Å²) in [5, 5.41) is 0. The summed E-state index contributed by atoms with van der Waals surface area (Å²) in [6.07, 6.45) is 11.5. The fourth-order valence-corrected chi connectivity index (χ4v) is 3.85. The highest BCUT2D eigenvalue weighted by Gasteiger charge is 2.11. The van der Waals surface area contributed by atoms with Crippen molar-refractivity contribution < 1.29 is 0 Å². The Balaban J connectivity index is 1.75. The molecule has 1 aromatic rings. The molecule has 0 nitrogen and oxygen atoms in total. The highest BCUT2D eigenvalue weighted by atomic mass is 31.1. The average Bonchev–Trinajstić information content (AvgIpc) is 2.29. The Kier molecular flexibility index (Phi) is 5.35. The molecule has 0 aromatic heterocycles. The third kappa shape index (κ3) is 4.26. The van der Waals surface area contributed by atoms with Gasteiger partial charge in [0.25, 0.3) is 0 Å². The summed E-state index contributed by atoms with van der Waals surface area (Å²) in [7, 11) is 1.66. The van der Waals surface area contributed by atoms with E-state index in [1.807, 2.05) is 0 Å². The highest BCUT2D eigenvalue weighted by molar-refractivity contribution is 7.38. The molecule has 2 rings (SSSR count). The maximum Gasteiger partial charge on any atom is -0.00316 e. The van der Waals surface area contributed by atoms with Gasteiger partial charge < -0.3 is 0 Å². The zero-order valence-corrected chi connectivity index (χ0v) is 11.0. The van der Waals surface area contributed by atoms with E-state index in [2.05, 4.69) is 30.3 Å². The summed E-state index contributed by atoms with van der Waals surface area (Å²) < 4.78 is 0. The third-order valence-electron chi connectivity index (χ3n) is 3.45. The summed E-state index contributed by atoms with van der Waals surface area (Å²) in [5.74, 6) is 0. The molecule has 0 amide bonds. The minimum atomic E-state index is 0.973. The van der Waals surface area contributed by atoms with Crippen LogP contribution in [0.1, 0.15) is 50.5 Å². The largest absolute Gasteiger partial charge is 0.0727 e. The van der Waals surface area contributed by atoms with Crippen molar-refractivity contribution >= 4 is 8.58 Å². The number of hydrogen-bond donors (Lipinski definition) is 0. The summed E-state index contributed by atoms with van der Waals surface area (Å²) in [6, 6.07) is 10.9. The molecule has 1 aliphatic carbocycles. The minimum Gasteiger partial charge on any atom is -0.0727 e. The summed E-state index contributed by atoms with van der Waals surface area (Å²) in [4.78, 5) is 0. The number of hydrogen-bond acceptors (Lipinski definition) is 0. The lowest BCUT2D eigenvalue weighted by Crippen LogP contribution is -2.04. The van der Waals surface area contributed by atoms with Gasteiger partial charge in [0, 0.05) is 0 Å². The van der Waals surface area contributed by atoms with Gasteiger partial charge in [-0.3, -0.25) is 0 Å². The first-order chi connectivity index (χ1) is 7.95. The molecular weight excluding hydrogens is 211 g/mol. The van der Waals surface area contributed by atoms with E-state index < -0.39 is 0 Å². The molecule has 1 fully saturated rings. The lowest BCUT2D eigenvalue weighted by Gasteiger charge is -2.18. The summed E-state index contributed by atoms with van der Waals surface area (Å²) >= 11 is 0. The van der Waals surface area contributed by atoms with Crippen LogP contribution in [0.5, 0.6) is 0 Å². The van der Waals surface area contributed by atoms with Crippen LogP contribution >= 0.6 is 8.58 Å². The van der Waals surface area contributed by atoms with Gasteiger partial charge in [0.15, 0.2) is 0 Å². The van der Waals surface area contributed by atoms with E-state index in [0.29, 0.717) is 0 Å². The van der Waals surface area contributed by atoms with Gasteiger partial charge in [-0.05, 0) is 30.2 Å².